The van der Waals surface area contributed by atoms with Gasteiger partial charge >= 0.3 is 0 Å². The van der Waals surface area contributed by atoms with Crippen LogP contribution < -0.4 is 5.84 Å². The second kappa shape index (κ2) is 1.71. The molecule has 1 aliphatic rings. The van der Waals surface area contributed by atoms with Crippen molar-refractivity contribution in [3.8, 4) is 0 Å². The molecule has 1 rings (SSSR count). The summed E-state index contributed by atoms with van der Waals surface area (Å²) in [5, 5.41) is 0.852. The highest BCUT2D eigenvalue weighted by Gasteiger charge is 2.16. The Morgan fingerprint density at radius 1 is 1.86 bits per heavy atom. The van der Waals surface area contributed by atoms with Crippen LogP contribution in [0.5, 0.6) is 0 Å². The van der Waals surface area contributed by atoms with Gasteiger partial charge in [-0.15, -0.1) is 5.84 Å². The molecule has 1 aliphatic heterocycles. The molecule has 1 amide bonds. The van der Waals surface area contributed by atoms with Crippen molar-refractivity contribution in [2.45, 2.75) is 0 Å². The number of nitrogens with one attached hydrogen (secondary N) is 1. The summed E-state index contributed by atoms with van der Waals surface area (Å²) >= 11 is 1.20. The molecule has 1 fully saturated rings. The van der Waals surface area contributed by atoms with E-state index in [9.17, 15) is 4.79 Å². The zero-order valence-electron chi connectivity index (χ0n) is 3.68. The van der Waals surface area contributed by atoms with E-state index in [1.54, 1.807) is 0 Å². The Morgan fingerprint density at radius 2 is 2.57 bits per heavy atom. The monoisotopic (exact) mass is 117 g/mol. The smallest absolute Gasteiger partial charge is 0.260 e. The summed E-state index contributed by atoms with van der Waals surface area (Å²) in [5.41, 5.74) is 0. The Morgan fingerprint density at radius 3 is 2.71 bits per heavy atom. The topological polar surface area (TPSA) is 44.1 Å². The number of amides is 1. The van der Waals surface area contributed by atoms with Crippen LogP contribution in [0, 0.1) is 0 Å². The maximum atomic E-state index is 10.3. The minimum atomic E-state index is -0.125. The van der Waals surface area contributed by atoms with Crippen molar-refractivity contribution < 1.29 is 4.79 Å². The summed E-state index contributed by atoms with van der Waals surface area (Å²) in [6, 6.07) is 0. The van der Waals surface area contributed by atoms with E-state index < -0.39 is 0 Å². The van der Waals surface area contributed by atoms with Crippen molar-refractivity contribution in [2.75, 3.05) is 12.3 Å². The SMILES string of the molecule is [NH]N1CCSC1=O. The number of hydrogen-bond acceptors (Lipinski definition) is 2. The van der Waals surface area contributed by atoms with Crippen LogP contribution in [0.3, 0.4) is 0 Å². The maximum Gasteiger partial charge on any atom is 0.297 e. The van der Waals surface area contributed by atoms with Crippen LogP contribution in [0.15, 0.2) is 0 Å². The number of nitrogens with zero attached hydrogens (tertiary/aromatic N) is 1. The van der Waals surface area contributed by atoms with Crippen LogP contribution in [0.2, 0.25) is 0 Å². The van der Waals surface area contributed by atoms with E-state index in [0.29, 0.717) is 6.54 Å². The Bertz CT molecular complexity index is 94.9. The van der Waals surface area contributed by atoms with Crippen molar-refractivity contribution >= 4 is 17.0 Å². The largest absolute Gasteiger partial charge is 0.297 e. The summed E-state index contributed by atoms with van der Waals surface area (Å²) in [7, 11) is 0. The lowest BCUT2D eigenvalue weighted by Gasteiger charge is -1.99. The predicted octanol–water partition coefficient (Wildman–Crippen LogP) is 0.353. The first-order chi connectivity index (χ1) is 3.30. The average Bonchev–Trinajstić information content (AvgIpc) is 1.91. The zero-order valence-corrected chi connectivity index (χ0v) is 4.49. The van der Waals surface area contributed by atoms with Gasteiger partial charge < -0.3 is 0 Å². The van der Waals surface area contributed by atoms with E-state index in [1.807, 2.05) is 0 Å². The molecule has 0 spiro atoms. The number of carbonyl (C=O) groups is 1. The lowest BCUT2D eigenvalue weighted by molar-refractivity contribution is 0.227. The third-order valence-electron chi connectivity index (χ3n) is 0.761. The number of hydrogen-bond donors (Lipinski definition) is 0. The van der Waals surface area contributed by atoms with Crippen LogP contribution in [-0.2, 0) is 0 Å². The molecule has 0 aliphatic carbocycles. The molecule has 0 aromatic heterocycles. The molecule has 4 heteroatoms. The number of rotatable bonds is 0. The Kier molecular flexibility index (Phi) is 1.21. The lowest BCUT2D eigenvalue weighted by atomic mass is 10.7. The predicted molar refractivity (Wildman–Crippen MR) is 27.7 cm³/mol. The van der Waals surface area contributed by atoms with Crippen molar-refractivity contribution in [2.24, 2.45) is 0 Å². The normalized spacial score (nSPS) is 21.3. The van der Waals surface area contributed by atoms with Gasteiger partial charge in [0.15, 0.2) is 0 Å². The van der Waals surface area contributed by atoms with Crippen molar-refractivity contribution in [1.29, 1.82) is 0 Å². The molecule has 0 bridgehead atoms. The fraction of sp³-hybridized carbons (Fsp3) is 0.667. The van der Waals surface area contributed by atoms with E-state index in [2.05, 4.69) is 0 Å². The third kappa shape index (κ3) is 0.863. The molecule has 0 unspecified atom stereocenters. The van der Waals surface area contributed by atoms with Gasteiger partial charge in [-0.25, -0.2) is 0 Å². The minimum absolute atomic E-state index is 0.125. The van der Waals surface area contributed by atoms with Crippen LogP contribution >= 0.6 is 11.8 Å². The Balaban J connectivity index is 2.48. The molecule has 1 saturated heterocycles. The first kappa shape index (κ1) is 4.93. The van der Waals surface area contributed by atoms with Gasteiger partial charge in [0.1, 0.15) is 0 Å². The molecule has 0 aromatic rings. The van der Waals surface area contributed by atoms with Crippen LogP contribution in [0.25, 0.3) is 0 Å². The second-order valence-electron chi connectivity index (χ2n) is 1.27. The highest BCUT2D eigenvalue weighted by atomic mass is 32.2. The summed E-state index contributed by atoms with van der Waals surface area (Å²) in [6.07, 6.45) is 0. The van der Waals surface area contributed by atoms with Crippen LogP contribution in [0.4, 0.5) is 4.79 Å². The molecule has 0 atom stereocenters. The summed E-state index contributed by atoms with van der Waals surface area (Å²) in [4.78, 5) is 10.3. The molecule has 1 N–H and O–H groups in total. The Hall–Kier alpha value is -0.220. The van der Waals surface area contributed by atoms with Gasteiger partial charge in [0.25, 0.3) is 5.24 Å². The number of carbonyl (C=O) groups excluding carboxylic acids is 1. The molecule has 39 valence electrons. The zero-order chi connectivity index (χ0) is 5.28. The summed E-state index contributed by atoms with van der Waals surface area (Å²) < 4.78 is 0. The van der Waals surface area contributed by atoms with Crippen molar-refractivity contribution in [1.82, 2.24) is 10.9 Å². The standard InChI is InChI=1S/C3H5N2OS/c4-5-1-2-7-3(5)6/h4H,1-2H2. The fourth-order valence-corrected chi connectivity index (χ4v) is 1.09. The fourth-order valence-electron chi connectivity index (χ4n) is 0.393. The molecular weight excluding hydrogens is 112 g/mol. The summed E-state index contributed by atoms with van der Waals surface area (Å²) in [5.74, 6) is 7.58. The number of thioether (sulfide) groups is 1. The van der Waals surface area contributed by atoms with E-state index in [4.69, 9.17) is 5.84 Å². The lowest BCUT2D eigenvalue weighted by Crippen LogP contribution is -2.19. The molecule has 1 heterocycles. The van der Waals surface area contributed by atoms with Crippen LogP contribution in [-0.4, -0.2) is 22.5 Å². The second-order valence-corrected chi connectivity index (χ2v) is 2.31. The highest BCUT2D eigenvalue weighted by Crippen LogP contribution is 2.13. The first-order valence-electron chi connectivity index (χ1n) is 1.96. The van der Waals surface area contributed by atoms with Crippen molar-refractivity contribution in [3.63, 3.8) is 0 Å². The van der Waals surface area contributed by atoms with Gasteiger partial charge in [-0.3, -0.25) is 9.80 Å². The van der Waals surface area contributed by atoms with Gasteiger partial charge in [-0.2, -0.15) is 0 Å². The molecule has 0 aromatic carbocycles. The summed E-state index contributed by atoms with van der Waals surface area (Å²) in [6.45, 7) is 0.587. The van der Waals surface area contributed by atoms with Gasteiger partial charge in [0.05, 0.1) is 0 Å². The van der Waals surface area contributed by atoms with E-state index >= 15 is 0 Å². The van der Waals surface area contributed by atoms with E-state index in [1.165, 1.54) is 11.8 Å². The molecule has 3 nitrogen and oxygen atoms in total. The minimum Gasteiger partial charge on any atom is -0.260 e. The molecule has 7 heavy (non-hydrogen) atoms. The van der Waals surface area contributed by atoms with Crippen molar-refractivity contribution in [3.05, 3.63) is 0 Å². The molecular formula is C3H5N2OS. The third-order valence-corrected chi connectivity index (χ3v) is 1.61. The van der Waals surface area contributed by atoms with Crippen LogP contribution in [0.1, 0.15) is 0 Å². The Labute approximate surface area is 45.8 Å². The molecule has 0 saturated carbocycles. The van der Waals surface area contributed by atoms with E-state index in [0.717, 1.165) is 10.8 Å². The average molecular weight is 117 g/mol. The quantitative estimate of drug-likeness (QED) is 0.459. The highest BCUT2D eigenvalue weighted by molar-refractivity contribution is 8.13. The van der Waals surface area contributed by atoms with Gasteiger partial charge in [-0.05, 0) is 0 Å². The van der Waals surface area contributed by atoms with Gasteiger partial charge in [-0.1, -0.05) is 11.8 Å². The van der Waals surface area contributed by atoms with Gasteiger partial charge in [0, 0.05) is 12.3 Å². The molecule has 1 radical (unpaired) electrons. The van der Waals surface area contributed by atoms with E-state index in [-0.39, 0.29) is 5.24 Å². The maximum absolute atomic E-state index is 10.3. The van der Waals surface area contributed by atoms with Gasteiger partial charge in [0.2, 0.25) is 0 Å². The first-order valence-corrected chi connectivity index (χ1v) is 2.95.